The van der Waals surface area contributed by atoms with Gasteiger partial charge in [-0.25, -0.2) is 18.4 Å². The maximum Gasteiger partial charge on any atom is 0.416 e. The number of ether oxygens (including phenoxy) is 1. The molecular formula is C16H17Cl2F4N3O2. The summed E-state index contributed by atoms with van der Waals surface area (Å²) < 4.78 is 56.3. The predicted molar refractivity (Wildman–Crippen MR) is 91.3 cm³/mol. The van der Waals surface area contributed by atoms with Gasteiger partial charge < -0.3 is 9.84 Å². The van der Waals surface area contributed by atoms with Crippen molar-refractivity contribution in [2.75, 3.05) is 6.61 Å². The number of aliphatic hydroxyl groups is 1. The molecule has 1 heterocycles. The number of aromatic nitrogens is 3. The average molecular weight is 430 g/mol. The molecule has 0 bridgehead atoms. The maximum atomic E-state index is 13.1. The first-order valence-corrected chi connectivity index (χ1v) is 8.48. The lowest BCUT2D eigenvalue weighted by Gasteiger charge is -2.36. The van der Waals surface area contributed by atoms with Gasteiger partial charge in [0.05, 0.1) is 12.7 Å². The molecule has 0 aliphatic rings. The van der Waals surface area contributed by atoms with E-state index in [4.69, 9.17) is 23.2 Å². The van der Waals surface area contributed by atoms with Gasteiger partial charge in [-0.2, -0.15) is 13.9 Å². The largest absolute Gasteiger partial charge is 0.416 e. The Balaban J connectivity index is 2.35. The zero-order valence-corrected chi connectivity index (χ0v) is 15.8. The van der Waals surface area contributed by atoms with Gasteiger partial charge in [0.1, 0.15) is 18.7 Å². The molecule has 1 N–H and O–H groups in total. The standard InChI is InChI=1S/C16H17Cl2F4N3O2/c1-15(2,6-27-16(21,22)14(19)20)13(26)12(25-8-23-7-24-25)10-4-3-9(17)5-11(10)18/h3-5,7-8,12-14,26H,6H2,1-2H3. The van der Waals surface area contributed by atoms with Crippen molar-refractivity contribution in [1.82, 2.24) is 14.8 Å². The van der Waals surface area contributed by atoms with E-state index in [2.05, 4.69) is 14.8 Å². The van der Waals surface area contributed by atoms with Gasteiger partial charge in [0.2, 0.25) is 0 Å². The Hall–Kier alpha value is -1.42. The van der Waals surface area contributed by atoms with E-state index in [1.54, 1.807) is 6.07 Å². The van der Waals surface area contributed by atoms with Crippen molar-refractivity contribution in [3.63, 3.8) is 0 Å². The Morgan fingerprint density at radius 3 is 2.44 bits per heavy atom. The summed E-state index contributed by atoms with van der Waals surface area (Å²) in [4.78, 5) is 3.81. The number of aliphatic hydroxyl groups excluding tert-OH is 1. The molecule has 27 heavy (non-hydrogen) atoms. The summed E-state index contributed by atoms with van der Waals surface area (Å²) in [6.45, 7) is 1.95. The Kier molecular flexibility index (Phi) is 6.72. The third-order valence-electron chi connectivity index (χ3n) is 3.99. The van der Waals surface area contributed by atoms with Gasteiger partial charge in [-0.1, -0.05) is 43.1 Å². The van der Waals surface area contributed by atoms with Crippen LogP contribution < -0.4 is 0 Å². The number of halogens is 6. The summed E-state index contributed by atoms with van der Waals surface area (Å²) in [7, 11) is 0. The number of alkyl halides is 4. The first kappa shape index (κ1) is 21.9. The minimum absolute atomic E-state index is 0.205. The fraction of sp³-hybridized carbons (Fsp3) is 0.500. The minimum atomic E-state index is -4.63. The van der Waals surface area contributed by atoms with Crippen LogP contribution in [0.15, 0.2) is 30.9 Å². The van der Waals surface area contributed by atoms with Crippen molar-refractivity contribution >= 4 is 23.2 Å². The summed E-state index contributed by atoms with van der Waals surface area (Å²) >= 11 is 12.1. The highest BCUT2D eigenvalue weighted by Crippen LogP contribution is 2.38. The van der Waals surface area contributed by atoms with E-state index in [1.807, 2.05) is 0 Å². The fourth-order valence-electron chi connectivity index (χ4n) is 2.42. The van der Waals surface area contributed by atoms with Crippen LogP contribution in [0, 0.1) is 5.41 Å². The van der Waals surface area contributed by atoms with Crippen LogP contribution in [0.2, 0.25) is 10.0 Å². The van der Waals surface area contributed by atoms with E-state index in [1.165, 1.54) is 43.3 Å². The smallest absolute Gasteiger partial charge is 0.390 e. The number of hydrogen-bond donors (Lipinski definition) is 1. The Bertz CT molecular complexity index is 760. The second-order valence-electron chi connectivity index (χ2n) is 6.57. The number of benzene rings is 1. The number of rotatable bonds is 8. The molecule has 2 atom stereocenters. The van der Waals surface area contributed by atoms with Gasteiger partial charge in [0, 0.05) is 15.5 Å². The average Bonchev–Trinajstić information content (AvgIpc) is 3.09. The van der Waals surface area contributed by atoms with Gasteiger partial charge in [-0.15, -0.1) is 0 Å². The molecule has 150 valence electrons. The molecule has 0 saturated carbocycles. The monoisotopic (exact) mass is 429 g/mol. The van der Waals surface area contributed by atoms with Gasteiger partial charge >= 0.3 is 12.5 Å². The first-order chi connectivity index (χ1) is 12.5. The van der Waals surface area contributed by atoms with Crippen molar-refractivity contribution in [2.24, 2.45) is 5.41 Å². The Morgan fingerprint density at radius 2 is 1.93 bits per heavy atom. The zero-order chi connectivity index (χ0) is 20.4. The molecule has 0 aliphatic heterocycles. The molecule has 0 radical (unpaired) electrons. The summed E-state index contributed by atoms with van der Waals surface area (Å²) in [5.41, 5.74) is -0.981. The summed E-state index contributed by atoms with van der Waals surface area (Å²) in [6, 6.07) is 3.58. The SMILES string of the molecule is CC(C)(COC(F)(F)C(F)F)C(O)C(c1ccc(Cl)cc1Cl)n1cncn1. The van der Waals surface area contributed by atoms with Crippen molar-refractivity contribution in [3.8, 4) is 0 Å². The van der Waals surface area contributed by atoms with Crippen molar-refractivity contribution in [1.29, 1.82) is 0 Å². The highest BCUT2D eigenvalue weighted by molar-refractivity contribution is 6.35. The van der Waals surface area contributed by atoms with Crippen LogP contribution in [0.5, 0.6) is 0 Å². The molecule has 2 rings (SSSR count). The van der Waals surface area contributed by atoms with Gasteiger partial charge in [-0.3, -0.25) is 0 Å². The molecule has 2 unspecified atom stereocenters. The lowest BCUT2D eigenvalue weighted by molar-refractivity contribution is -0.311. The van der Waals surface area contributed by atoms with E-state index in [-0.39, 0.29) is 5.02 Å². The molecule has 1 aromatic heterocycles. The molecule has 0 spiro atoms. The second kappa shape index (κ2) is 8.30. The normalized spacial score (nSPS) is 15.2. The highest BCUT2D eigenvalue weighted by atomic mass is 35.5. The van der Waals surface area contributed by atoms with Gasteiger partial charge in [-0.05, 0) is 17.7 Å². The molecule has 2 aromatic rings. The van der Waals surface area contributed by atoms with Crippen molar-refractivity contribution < 1.29 is 27.4 Å². The number of hydrogen-bond acceptors (Lipinski definition) is 4. The molecular weight excluding hydrogens is 413 g/mol. The van der Waals surface area contributed by atoms with E-state index in [9.17, 15) is 22.7 Å². The quantitative estimate of drug-likeness (QED) is 0.630. The molecule has 11 heteroatoms. The third kappa shape index (κ3) is 5.10. The molecule has 0 fully saturated rings. The van der Waals surface area contributed by atoms with Crippen LogP contribution >= 0.6 is 23.2 Å². The topological polar surface area (TPSA) is 60.2 Å². The van der Waals surface area contributed by atoms with Crippen LogP contribution in [-0.4, -0.2) is 45.1 Å². The molecule has 1 aromatic carbocycles. The van der Waals surface area contributed by atoms with Crippen LogP contribution in [0.4, 0.5) is 17.6 Å². The fourth-order valence-corrected chi connectivity index (χ4v) is 2.94. The Morgan fingerprint density at radius 1 is 1.26 bits per heavy atom. The van der Waals surface area contributed by atoms with E-state index >= 15 is 0 Å². The first-order valence-electron chi connectivity index (χ1n) is 7.73. The maximum absolute atomic E-state index is 13.1. The second-order valence-corrected chi connectivity index (χ2v) is 7.41. The predicted octanol–water partition coefficient (Wildman–Crippen LogP) is 4.44. The molecule has 0 aliphatic carbocycles. The van der Waals surface area contributed by atoms with E-state index in [0.29, 0.717) is 10.6 Å². The molecule has 0 saturated heterocycles. The van der Waals surface area contributed by atoms with Gasteiger partial charge in [0.25, 0.3) is 0 Å². The third-order valence-corrected chi connectivity index (χ3v) is 4.56. The van der Waals surface area contributed by atoms with Crippen LogP contribution in [0.3, 0.4) is 0 Å². The lowest BCUT2D eigenvalue weighted by atomic mass is 9.81. The Labute approximate surface area is 162 Å². The van der Waals surface area contributed by atoms with Crippen LogP contribution in [0.1, 0.15) is 25.5 Å². The van der Waals surface area contributed by atoms with E-state index in [0.717, 1.165) is 0 Å². The zero-order valence-electron chi connectivity index (χ0n) is 14.3. The molecule has 0 amide bonds. The number of nitrogens with zero attached hydrogens (tertiary/aromatic N) is 3. The van der Waals surface area contributed by atoms with Crippen molar-refractivity contribution in [2.45, 2.75) is 38.5 Å². The van der Waals surface area contributed by atoms with Crippen LogP contribution in [-0.2, 0) is 4.74 Å². The van der Waals surface area contributed by atoms with Crippen molar-refractivity contribution in [3.05, 3.63) is 46.5 Å². The van der Waals surface area contributed by atoms with Gasteiger partial charge in [0.15, 0.2) is 0 Å². The summed E-state index contributed by atoms with van der Waals surface area (Å²) in [6.07, 6.45) is -7.48. The summed E-state index contributed by atoms with van der Waals surface area (Å²) in [5, 5.41) is 15.4. The highest BCUT2D eigenvalue weighted by Gasteiger charge is 2.46. The molecule has 5 nitrogen and oxygen atoms in total. The summed E-state index contributed by atoms with van der Waals surface area (Å²) in [5.74, 6) is 0. The van der Waals surface area contributed by atoms with E-state index < -0.39 is 36.7 Å². The minimum Gasteiger partial charge on any atom is -0.390 e. The van der Waals surface area contributed by atoms with Crippen LogP contribution in [0.25, 0.3) is 0 Å². The lowest BCUT2D eigenvalue weighted by Crippen LogP contribution is -2.44.